The number of hydrogen-bond acceptors (Lipinski definition) is 9. The van der Waals surface area contributed by atoms with Crippen molar-refractivity contribution in [2.24, 2.45) is 0 Å². The molecule has 0 aliphatic rings. The lowest BCUT2D eigenvalue weighted by atomic mass is 10.0. The van der Waals surface area contributed by atoms with Gasteiger partial charge in [-0.3, -0.25) is 14.4 Å². The zero-order chi connectivity index (χ0) is 26.9. The average molecular weight is 534 g/mol. The molecular formula is C22H34ClN4O7S+. The minimum atomic E-state index is -4.45. The number of nitrogens with one attached hydrogen (secondary N) is 2. The second-order valence-corrected chi connectivity index (χ2v) is 11.4. The van der Waals surface area contributed by atoms with Crippen molar-refractivity contribution in [3.8, 4) is 5.75 Å². The first-order chi connectivity index (χ1) is 16.2. The van der Waals surface area contributed by atoms with E-state index in [-0.39, 0.29) is 38.2 Å². The lowest BCUT2D eigenvalue weighted by Crippen LogP contribution is -2.41. The van der Waals surface area contributed by atoms with E-state index in [0.29, 0.717) is 17.3 Å². The molecule has 0 aliphatic carbocycles. The van der Waals surface area contributed by atoms with Gasteiger partial charge in [-0.2, -0.15) is 0 Å². The Bertz CT molecular complexity index is 1250. The number of nitrogens with zero attached hydrogens (tertiary/aromatic N) is 2. The smallest absolute Gasteiger partial charge is 0.270 e. The summed E-state index contributed by atoms with van der Waals surface area (Å²) in [5.74, 6) is -0.762. The molecule has 35 heavy (non-hydrogen) atoms. The van der Waals surface area contributed by atoms with E-state index in [2.05, 4.69) is 10.6 Å². The first kappa shape index (κ1) is 29.0. The summed E-state index contributed by atoms with van der Waals surface area (Å²) < 4.78 is 27.0. The Hall–Kier alpha value is -2.22. The van der Waals surface area contributed by atoms with E-state index >= 15 is 0 Å². The number of quaternary nitrogens is 1. The van der Waals surface area contributed by atoms with Gasteiger partial charge < -0.3 is 25.3 Å². The molecular weight excluding hydrogens is 500 g/mol. The van der Waals surface area contributed by atoms with E-state index in [1.54, 1.807) is 21.1 Å². The van der Waals surface area contributed by atoms with Crippen molar-refractivity contribution < 1.29 is 28.0 Å². The first-order valence-corrected chi connectivity index (χ1v) is 12.9. The number of aliphatic hydroxyl groups is 1. The molecule has 0 spiro atoms. The number of hydroxylamine groups is 1. The highest BCUT2D eigenvalue weighted by molar-refractivity contribution is 7.89. The van der Waals surface area contributed by atoms with E-state index < -0.39 is 44.2 Å². The van der Waals surface area contributed by atoms with Crippen LogP contribution in [0.15, 0.2) is 20.6 Å². The molecule has 1 unspecified atom stereocenters. The number of aliphatic hydroxyl groups excluding tert-OH is 1. The van der Waals surface area contributed by atoms with Crippen LogP contribution in [-0.4, -0.2) is 75.5 Å². The van der Waals surface area contributed by atoms with Crippen molar-refractivity contribution in [3.63, 3.8) is 0 Å². The predicted molar refractivity (Wildman–Crippen MR) is 136 cm³/mol. The number of halogens is 1. The fourth-order valence-electron chi connectivity index (χ4n) is 3.69. The van der Waals surface area contributed by atoms with E-state index in [1.165, 1.54) is 6.07 Å². The molecule has 0 amide bonds. The number of phenols is 1. The number of aromatic hydroxyl groups is 1. The summed E-state index contributed by atoms with van der Waals surface area (Å²) in [5.41, 5.74) is -1.52. The van der Waals surface area contributed by atoms with Gasteiger partial charge >= 0.3 is 0 Å². The standard InChI is InChI=1S/C22H33ClN4O7S/c1-8-12(9-2)24-17-18(21(31)20(17)30)25-14-10-13(15(11-28)27(4,5)6)16(23)22(19(14)29)35(32,33)26(3)34-7/h10,12,15,28H,8-9,11H2,1-7H3,(H2-,24,25,29,30,31)/p+1. The zero-order valence-electron chi connectivity index (χ0n) is 21.0. The lowest BCUT2D eigenvalue weighted by Gasteiger charge is -2.34. The summed E-state index contributed by atoms with van der Waals surface area (Å²) in [5, 5.41) is 26.5. The Morgan fingerprint density at radius 3 is 2.14 bits per heavy atom. The molecule has 2 aromatic carbocycles. The van der Waals surface area contributed by atoms with Crippen LogP contribution in [0.3, 0.4) is 0 Å². The predicted octanol–water partition coefficient (Wildman–Crippen LogP) is 1.91. The SMILES string of the molecule is CCC(CC)Nc1c(Nc2cc(C(CO)[N+](C)(C)C)c(Cl)c(S(=O)(=O)N(C)OC)c2O)c(=O)c1=O. The molecule has 4 N–H and O–H groups in total. The van der Waals surface area contributed by atoms with E-state index in [4.69, 9.17) is 16.4 Å². The van der Waals surface area contributed by atoms with Crippen LogP contribution in [0.5, 0.6) is 5.75 Å². The van der Waals surface area contributed by atoms with E-state index in [9.17, 15) is 28.2 Å². The maximum atomic E-state index is 13.2. The Balaban J connectivity index is 2.80. The third kappa shape index (κ3) is 5.47. The number of hydrogen-bond donors (Lipinski definition) is 4. The van der Waals surface area contributed by atoms with Crippen LogP contribution in [0.1, 0.15) is 38.3 Å². The second kappa shape index (κ2) is 10.8. The molecule has 196 valence electrons. The van der Waals surface area contributed by atoms with Gasteiger partial charge in [0.2, 0.25) is 0 Å². The minimum Gasteiger partial charge on any atom is -0.504 e. The van der Waals surface area contributed by atoms with Gasteiger partial charge in [-0.25, -0.2) is 8.42 Å². The van der Waals surface area contributed by atoms with Gasteiger partial charge in [0.1, 0.15) is 22.3 Å². The molecule has 1 atom stereocenters. The van der Waals surface area contributed by atoms with Crippen molar-refractivity contribution in [2.75, 3.05) is 52.5 Å². The zero-order valence-corrected chi connectivity index (χ0v) is 22.5. The molecule has 0 radical (unpaired) electrons. The number of phenolic OH excluding ortho intramolecular Hbond substituents is 1. The molecule has 0 saturated heterocycles. The fraction of sp³-hybridized carbons (Fsp3) is 0.545. The monoisotopic (exact) mass is 533 g/mol. The molecule has 13 heteroatoms. The molecule has 0 heterocycles. The van der Waals surface area contributed by atoms with Crippen LogP contribution < -0.4 is 21.5 Å². The molecule has 2 aromatic rings. The highest BCUT2D eigenvalue weighted by atomic mass is 35.5. The van der Waals surface area contributed by atoms with Gasteiger partial charge in [0.15, 0.2) is 5.75 Å². The largest absolute Gasteiger partial charge is 0.504 e. The van der Waals surface area contributed by atoms with Crippen LogP contribution in [-0.2, 0) is 14.9 Å². The Morgan fingerprint density at radius 2 is 1.69 bits per heavy atom. The molecule has 2 rings (SSSR count). The van der Waals surface area contributed by atoms with Crippen LogP contribution in [0.4, 0.5) is 17.1 Å². The summed E-state index contributed by atoms with van der Waals surface area (Å²) in [4.78, 5) is 28.8. The van der Waals surface area contributed by atoms with Crippen LogP contribution in [0, 0.1) is 0 Å². The first-order valence-electron chi connectivity index (χ1n) is 11.0. The van der Waals surface area contributed by atoms with Crippen LogP contribution >= 0.6 is 11.6 Å². The summed E-state index contributed by atoms with van der Waals surface area (Å²) in [6.45, 7) is 3.47. The lowest BCUT2D eigenvalue weighted by molar-refractivity contribution is -0.902. The van der Waals surface area contributed by atoms with E-state index in [1.807, 2.05) is 13.8 Å². The van der Waals surface area contributed by atoms with Gasteiger partial charge in [0, 0.05) is 18.7 Å². The number of sulfonamides is 1. The number of benzene rings is 1. The van der Waals surface area contributed by atoms with Crippen molar-refractivity contribution >= 4 is 38.7 Å². The van der Waals surface area contributed by atoms with Crippen molar-refractivity contribution in [1.82, 2.24) is 4.47 Å². The molecule has 0 aliphatic heterocycles. The fourth-order valence-corrected chi connectivity index (χ4v) is 5.40. The maximum Gasteiger partial charge on any atom is 0.270 e. The van der Waals surface area contributed by atoms with Gasteiger partial charge in [-0.15, -0.1) is 0 Å². The molecule has 0 fully saturated rings. The number of rotatable bonds is 12. The Kier molecular flexibility index (Phi) is 8.96. The molecule has 0 bridgehead atoms. The van der Waals surface area contributed by atoms with Gasteiger partial charge in [-0.05, 0) is 18.9 Å². The third-order valence-electron chi connectivity index (χ3n) is 6.05. The van der Waals surface area contributed by atoms with Gasteiger partial charge in [-0.1, -0.05) is 29.9 Å². The Morgan fingerprint density at radius 1 is 1.14 bits per heavy atom. The van der Waals surface area contributed by atoms with E-state index in [0.717, 1.165) is 14.2 Å². The van der Waals surface area contributed by atoms with Crippen molar-refractivity contribution in [1.29, 1.82) is 0 Å². The van der Waals surface area contributed by atoms with Crippen LogP contribution in [0.2, 0.25) is 5.02 Å². The summed E-state index contributed by atoms with van der Waals surface area (Å²) in [6.07, 6.45) is 1.41. The molecule has 0 aromatic heterocycles. The summed E-state index contributed by atoms with van der Waals surface area (Å²) in [7, 11) is 3.14. The second-order valence-electron chi connectivity index (χ2n) is 9.11. The average Bonchev–Trinajstić information content (AvgIpc) is 2.79. The third-order valence-corrected chi connectivity index (χ3v) is 8.31. The Labute approximate surface area is 210 Å². The summed E-state index contributed by atoms with van der Waals surface area (Å²) >= 11 is 6.51. The molecule has 11 nitrogen and oxygen atoms in total. The van der Waals surface area contributed by atoms with Gasteiger partial charge in [0.25, 0.3) is 20.9 Å². The number of likely N-dealkylation sites (N-methyl/N-ethyl adjacent to an activating group) is 1. The minimum absolute atomic E-state index is 0.0586. The highest BCUT2D eigenvalue weighted by Crippen LogP contribution is 2.45. The van der Waals surface area contributed by atoms with Crippen molar-refractivity contribution in [2.45, 2.75) is 43.7 Å². The maximum absolute atomic E-state index is 13.2. The van der Waals surface area contributed by atoms with Crippen molar-refractivity contribution in [3.05, 3.63) is 37.1 Å². The molecule has 0 saturated carbocycles. The topological polar surface area (TPSA) is 145 Å². The quantitative estimate of drug-likeness (QED) is 0.139. The highest BCUT2D eigenvalue weighted by Gasteiger charge is 2.37. The van der Waals surface area contributed by atoms with Crippen LogP contribution in [0.25, 0.3) is 0 Å². The summed E-state index contributed by atoms with van der Waals surface area (Å²) in [6, 6.07) is 0.614. The normalized spacial score (nSPS) is 13.6. The van der Waals surface area contributed by atoms with Gasteiger partial charge in [0.05, 0.1) is 45.6 Å². The number of anilines is 3.